The number of hydrogen-bond acceptors (Lipinski definition) is 5. The van der Waals surface area contributed by atoms with E-state index in [1.807, 2.05) is 7.05 Å². The molecule has 0 saturated carbocycles. The van der Waals surface area contributed by atoms with Crippen molar-refractivity contribution in [2.45, 2.75) is 31.8 Å². The van der Waals surface area contributed by atoms with Gasteiger partial charge in [-0.3, -0.25) is 0 Å². The molecule has 0 radical (unpaired) electrons. The van der Waals surface area contributed by atoms with Crippen molar-refractivity contribution in [3.63, 3.8) is 0 Å². The smallest absolute Gasteiger partial charge is 0.226 e. The first-order valence-corrected chi connectivity index (χ1v) is 5.49. The first kappa shape index (κ1) is 10.6. The Hall–Kier alpha value is -0.940. The molecule has 0 spiro atoms. The summed E-state index contributed by atoms with van der Waals surface area (Å²) in [5.74, 6) is 1.43. The molecule has 0 aromatic carbocycles. The lowest BCUT2D eigenvalue weighted by Crippen LogP contribution is -2.08. The molecule has 5 heteroatoms. The predicted octanol–water partition coefficient (Wildman–Crippen LogP) is 1.07. The molecule has 1 atom stereocenters. The molecule has 5 nitrogen and oxygen atoms in total. The van der Waals surface area contributed by atoms with E-state index >= 15 is 0 Å². The molecule has 1 aromatic rings. The van der Waals surface area contributed by atoms with Gasteiger partial charge in [0.1, 0.15) is 6.10 Å². The lowest BCUT2D eigenvalue weighted by atomic mass is 10.2. The Morgan fingerprint density at radius 2 is 2.47 bits per heavy atom. The molecule has 1 unspecified atom stereocenters. The molecule has 15 heavy (non-hydrogen) atoms. The molecule has 84 valence electrons. The second-order valence-electron chi connectivity index (χ2n) is 3.76. The van der Waals surface area contributed by atoms with Crippen LogP contribution in [0.3, 0.4) is 0 Å². The molecule has 0 bridgehead atoms. The van der Waals surface area contributed by atoms with Crippen molar-refractivity contribution in [2.75, 3.05) is 20.2 Å². The summed E-state index contributed by atoms with van der Waals surface area (Å²) in [7, 11) is 1.94. The van der Waals surface area contributed by atoms with Crippen molar-refractivity contribution in [3.05, 3.63) is 11.7 Å². The average molecular weight is 211 g/mol. The Balaban J connectivity index is 1.86. The van der Waals surface area contributed by atoms with Crippen LogP contribution in [0.25, 0.3) is 0 Å². The third-order valence-electron chi connectivity index (χ3n) is 2.52. The number of aryl methyl sites for hydroxylation is 1. The van der Waals surface area contributed by atoms with E-state index in [0.717, 1.165) is 44.7 Å². The topological polar surface area (TPSA) is 60.2 Å². The van der Waals surface area contributed by atoms with E-state index in [0.29, 0.717) is 5.82 Å². The van der Waals surface area contributed by atoms with Crippen LogP contribution < -0.4 is 5.32 Å². The first-order valence-electron chi connectivity index (χ1n) is 5.49. The number of rotatable bonds is 5. The summed E-state index contributed by atoms with van der Waals surface area (Å²) >= 11 is 0. The highest BCUT2D eigenvalue weighted by molar-refractivity contribution is 4.93. The summed E-state index contributed by atoms with van der Waals surface area (Å²) in [6.45, 7) is 1.78. The van der Waals surface area contributed by atoms with Crippen LogP contribution in [0.1, 0.15) is 37.1 Å². The van der Waals surface area contributed by atoms with Crippen LogP contribution in [-0.2, 0) is 11.2 Å². The summed E-state index contributed by atoms with van der Waals surface area (Å²) in [6.07, 6.45) is 4.01. The highest BCUT2D eigenvalue weighted by Gasteiger charge is 2.22. The molecule has 1 N–H and O–H groups in total. The molecule has 0 amide bonds. The van der Waals surface area contributed by atoms with Gasteiger partial charge in [0.15, 0.2) is 0 Å². The summed E-state index contributed by atoms with van der Waals surface area (Å²) < 4.78 is 10.6. The van der Waals surface area contributed by atoms with E-state index in [-0.39, 0.29) is 6.10 Å². The maximum Gasteiger partial charge on any atom is 0.226 e. The molecular formula is C10H17N3O2. The van der Waals surface area contributed by atoms with Gasteiger partial charge in [-0.1, -0.05) is 5.16 Å². The zero-order valence-corrected chi connectivity index (χ0v) is 9.03. The maximum atomic E-state index is 5.48. The van der Waals surface area contributed by atoms with Crippen molar-refractivity contribution < 1.29 is 9.26 Å². The van der Waals surface area contributed by atoms with Gasteiger partial charge < -0.3 is 14.6 Å². The van der Waals surface area contributed by atoms with E-state index < -0.39 is 0 Å². The van der Waals surface area contributed by atoms with Crippen molar-refractivity contribution in [3.8, 4) is 0 Å². The Bertz CT molecular complexity index is 295. The van der Waals surface area contributed by atoms with E-state index in [9.17, 15) is 0 Å². The Kier molecular flexibility index (Phi) is 3.69. The number of aromatic nitrogens is 2. The molecule has 1 aliphatic rings. The van der Waals surface area contributed by atoms with Gasteiger partial charge in [-0.05, 0) is 32.9 Å². The fraction of sp³-hybridized carbons (Fsp3) is 0.800. The molecule has 1 aliphatic heterocycles. The Labute approximate surface area is 89.2 Å². The minimum Gasteiger partial charge on any atom is -0.370 e. The summed E-state index contributed by atoms with van der Waals surface area (Å²) in [6, 6.07) is 0. The van der Waals surface area contributed by atoms with Gasteiger partial charge in [-0.2, -0.15) is 4.98 Å². The Morgan fingerprint density at radius 3 is 3.20 bits per heavy atom. The third-order valence-corrected chi connectivity index (χ3v) is 2.52. The molecular weight excluding hydrogens is 194 g/mol. The fourth-order valence-electron chi connectivity index (χ4n) is 1.70. The van der Waals surface area contributed by atoms with Gasteiger partial charge in [0.2, 0.25) is 11.7 Å². The van der Waals surface area contributed by atoms with Crippen molar-refractivity contribution in [1.29, 1.82) is 0 Å². The van der Waals surface area contributed by atoms with Gasteiger partial charge in [-0.15, -0.1) is 0 Å². The number of nitrogens with zero attached hydrogens (tertiary/aromatic N) is 2. The molecule has 1 aromatic heterocycles. The standard InChI is InChI=1S/C10H17N3O2/c1-11-6-2-5-9-12-10(13-15-9)8-4-3-7-14-8/h8,11H,2-7H2,1H3. The lowest BCUT2D eigenvalue weighted by molar-refractivity contribution is 0.103. The average Bonchev–Trinajstić information content (AvgIpc) is 2.87. The second-order valence-corrected chi connectivity index (χ2v) is 3.76. The molecule has 1 saturated heterocycles. The minimum atomic E-state index is 0.0619. The summed E-state index contributed by atoms with van der Waals surface area (Å²) in [4.78, 5) is 4.33. The minimum absolute atomic E-state index is 0.0619. The quantitative estimate of drug-likeness (QED) is 0.738. The maximum absolute atomic E-state index is 5.48. The van der Waals surface area contributed by atoms with E-state index in [1.54, 1.807) is 0 Å². The van der Waals surface area contributed by atoms with E-state index in [1.165, 1.54) is 0 Å². The fourth-order valence-corrected chi connectivity index (χ4v) is 1.70. The van der Waals surface area contributed by atoms with Gasteiger partial charge in [0.05, 0.1) is 0 Å². The van der Waals surface area contributed by atoms with E-state index in [4.69, 9.17) is 9.26 Å². The second kappa shape index (κ2) is 5.23. The van der Waals surface area contributed by atoms with Crippen LogP contribution >= 0.6 is 0 Å². The molecule has 0 aliphatic carbocycles. The SMILES string of the molecule is CNCCCc1nc(C2CCCO2)no1. The highest BCUT2D eigenvalue weighted by Crippen LogP contribution is 2.26. The molecule has 2 rings (SSSR count). The van der Waals surface area contributed by atoms with Crippen molar-refractivity contribution in [1.82, 2.24) is 15.5 Å². The molecule has 1 fully saturated rings. The normalized spacial score (nSPS) is 21.0. The van der Waals surface area contributed by atoms with Crippen LogP contribution in [0.2, 0.25) is 0 Å². The van der Waals surface area contributed by atoms with Crippen LogP contribution in [0.15, 0.2) is 4.52 Å². The van der Waals surface area contributed by atoms with Gasteiger partial charge in [0, 0.05) is 13.0 Å². The predicted molar refractivity (Wildman–Crippen MR) is 54.5 cm³/mol. The third kappa shape index (κ3) is 2.76. The highest BCUT2D eigenvalue weighted by atomic mass is 16.5. The lowest BCUT2D eigenvalue weighted by Gasteiger charge is -2.00. The summed E-state index contributed by atoms with van der Waals surface area (Å²) in [5.41, 5.74) is 0. The van der Waals surface area contributed by atoms with Crippen molar-refractivity contribution >= 4 is 0 Å². The van der Waals surface area contributed by atoms with E-state index in [2.05, 4.69) is 15.5 Å². The zero-order valence-electron chi connectivity index (χ0n) is 9.03. The monoisotopic (exact) mass is 211 g/mol. The van der Waals surface area contributed by atoms with Crippen LogP contribution in [0.5, 0.6) is 0 Å². The van der Waals surface area contributed by atoms with Gasteiger partial charge >= 0.3 is 0 Å². The largest absolute Gasteiger partial charge is 0.370 e. The van der Waals surface area contributed by atoms with Crippen LogP contribution in [0, 0.1) is 0 Å². The summed E-state index contributed by atoms with van der Waals surface area (Å²) in [5, 5.41) is 7.03. The van der Waals surface area contributed by atoms with Gasteiger partial charge in [0.25, 0.3) is 0 Å². The Morgan fingerprint density at radius 1 is 1.53 bits per heavy atom. The number of ether oxygens (including phenoxy) is 1. The number of hydrogen-bond donors (Lipinski definition) is 1. The number of nitrogens with one attached hydrogen (secondary N) is 1. The first-order chi connectivity index (χ1) is 7.40. The van der Waals surface area contributed by atoms with Crippen LogP contribution in [-0.4, -0.2) is 30.3 Å². The van der Waals surface area contributed by atoms with Crippen LogP contribution in [0.4, 0.5) is 0 Å². The zero-order chi connectivity index (χ0) is 10.5. The molecule has 2 heterocycles. The van der Waals surface area contributed by atoms with Crippen molar-refractivity contribution in [2.24, 2.45) is 0 Å². The van der Waals surface area contributed by atoms with Gasteiger partial charge in [-0.25, -0.2) is 0 Å².